The average molecular weight is 447 g/mol. The molecule has 0 aliphatic heterocycles. The number of carbonyl (C=O) groups excluding carboxylic acids is 1. The van der Waals surface area contributed by atoms with Gasteiger partial charge >= 0.3 is 0 Å². The van der Waals surface area contributed by atoms with Gasteiger partial charge in [0.05, 0.1) is 15.6 Å². The van der Waals surface area contributed by atoms with Crippen molar-refractivity contribution in [2.75, 3.05) is 5.32 Å². The standard InChI is InChI=1S/C21H13Cl2FN2O2S/c22-15-6-5-12(10-16(15)23)9-13-11-25-21(29-13)26-20(27)19-8-7-18(28-19)14-3-1-2-4-17(14)24/h1-8,10-11H,9H2,(H,25,26,27). The summed E-state index contributed by atoms with van der Waals surface area (Å²) in [5, 5.41) is 4.13. The van der Waals surface area contributed by atoms with Crippen molar-refractivity contribution in [1.29, 1.82) is 0 Å². The Morgan fingerprint density at radius 3 is 2.72 bits per heavy atom. The van der Waals surface area contributed by atoms with Crippen LogP contribution in [0, 0.1) is 5.82 Å². The Bertz CT molecular complexity index is 1190. The quantitative estimate of drug-likeness (QED) is 0.371. The van der Waals surface area contributed by atoms with Crippen LogP contribution in [0.4, 0.5) is 9.52 Å². The molecule has 4 aromatic rings. The molecule has 1 amide bonds. The van der Waals surface area contributed by atoms with E-state index in [0.717, 1.165) is 10.4 Å². The molecule has 4 nitrogen and oxygen atoms in total. The molecule has 0 aliphatic rings. The fourth-order valence-corrected chi connectivity index (χ4v) is 3.88. The minimum absolute atomic E-state index is 0.0736. The molecule has 0 spiro atoms. The number of nitrogens with zero attached hydrogens (tertiary/aromatic N) is 1. The first-order chi connectivity index (χ1) is 14.0. The normalized spacial score (nSPS) is 10.9. The number of nitrogens with one attached hydrogen (secondary N) is 1. The van der Waals surface area contributed by atoms with Gasteiger partial charge in [0.2, 0.25) is 0 Å². The maximum atomic E-state index is 13.9. The maximum Gasteiger partial charge on any atom is 0.293 e. The smallest absolute Gasteiger partial charge is 0.293 e. The first-order valence-electron chi connectivity index (χ1n) is 8.54. The molecule has 8 heteroatoms. The lowest BCUT2D eigenvalue weighted by Gasteiger charge is -2.01. The van der Waals surface area contributed by atoms with Gasteiger partial charge in [-0.25, -0.2) is 9.37 Å². The van der Waals surface area contributed by atoms with Crippen LogP contribution in [-0.4, -0.2) is 10.9 Å². The Morgan fingerprint density at radius 1 is 1.10 bits per heavy atom. The van der Waals surface area contributed by atoms with Crippen molar-refractivity contribution in [2.45, 2.75) is 6.42 Å². The van der Waals surface area contributed by atoms with Crippen LogP contribution < -0.4 is 5.32 Å². The summed E-state index contributed by atoms with van der Waals surface area (Å²) < 4.78 is 19.4. The first kappa shape index (κ1) is 19.6. The lowest BCUT2D eigenvalue weighted by Crippen LogP contribution is -2.10. The van der Waals surface area contributed by atoms with E-state index in [0.29, 0.717) is 27.2 Å². The number of furan rings is 1. The second-order valence-corrected chi connectivity index (χ2v) is 8.08. The molecular weight excluding hydrogens is 434 g/mol. The van der Waals surface area contributed by atoms with Gasteiger partial charge < -0.3 is 4.42 Å². The number of aromatic nitrogens is 1. The second-order valence-electron chi connectivity index (χ2n) is 6.15. The molecule has 2 aromatic heterocycles. The molecule has 0 unspecified atom stereocenters. The predicted molar refractivity (Wildman–Crippen MR) is 113 cm³/mol. The summed E-state index contributed by atoms with van der Waals surface area (Å²) in [5.41, 5.74) is 1.28. The zero-order chi connectivity index (χ0) is 20.4. The molecule has 4 rings (SSSR count). The van der Waals surface area contributed by atoms with E-state index in [9.17, 15) is 9.18 Å². The third-order valence-corrected chi connectivity index (χ3v) is 5.76. The number of hydrogen-bond acceptors (Lipinski definition) is 4. The lowest BCUT2D eigenvalue weighted by molar-refractivity contribution is 0.0997. The summed E-state index contributed by atoms with van der Waals surface area (Å²) in [5.74, 6) is -0.513. The third kappa shape index (κ3) is 4.50. The second kappa shape index (κ2) is 8.37. The zero-order valence-electron chi connectivity index (χ0n) is 14.8. The van der Waals surface area contributed by atoms with Crippen LogP contribution in [0.1, 0.15) is 21.0 Å². The van der Waals surface area contributed by atoms with Crippen LogP contribution in [0.25, 0.3) is 11.3 Å². The molecule has 0 saturated heterocycles. The molecule has 0 aliphatic carbocycles. The van der Waals surface area contributed by atoms with Crippen molar-refractivity contribution in [3.8, 4) is 11.3 Å². The van der Waals surface area contributed by atoms with Crippen LogP contribution in [0.5, 0.6) is 0 Å². The van der Waals surface area contributed by atoms with E-state index in [1.54, 1.807) is 42.6 Å². The molecule has 1 N–H and O–H groups in total. The summed E-state index contributed by atoms with van der Waals surface area (Å²) in [7, 11) is 0. The van der Waals surface area contributed by atoms with E-state index in [4.69, 9.17) is 27.6 Å². The number of hydrogen-bond donors (Lipinski definition) is 1. The highest BCUT2D eigenvalue weighted by Gasteiger charge is 2.16. The number of carbonyl (C=O) groups is 1. The van der Waals surface area contributed by atoms with Gasteiger partial charge in [0.1, 0.15) is 11.6 Å². The number of anilines is 1. The van der Waals surface area contributed by atoms with Gasteiger partial charge in [-0.15, -0.1) is 11.3 Å². The van der Waals surface area contributed by atoms with Crippen LogP contribution in [-0.2, 0) is 6.42 Å². The highest BCUT2D eigenvalue weighted by molar-refractivity contribution is 7.15. The van der Waals surface area contributed by atoms with E-state index < -0.39 is 11.7 Å². The van der Waals surface area contributed by atoms with Crippen LogP contribution in [0.3, 0.4) is 0 Å². The van der Waals surface area contributed by atoms with Gasteiger partial charge in [-0.1, -0.05) is 41.4 Å². The highest BCUT2D eigenvalue weighted by Crippen LogP contribution is 2.28. The minimum atomic E-state index is -0.456. The van der Waals surface area contributed by atoms with Crippen molar-refractivity contribution in [2.24, 2.45) is 0 Å². The van der Waals surface area contributed by atoms with Gasteiger partial charge in [-0.05, 0) is 42.0 Å². The van der Waals surface area contributed by atoms with Crippen molar-refractivity contribution >= 4 is 45.6 Å². The molecule has 0 atom stereocenters. The molecule has 146 valence electrons. The summed E-state index contributed by atoms with van der Waals surface area (Å²) >= 11 is 13.3. The first-order valence-corrected chi connectivity index (χ1v) is 10.1. The third-order valence-electron chi connectivity index (χ3n) is 4.11. The molecule has 0 radical (unpaired) electrons. The molecule has 0 saturated carbocycles. The molecule has 29 heavy (non-hydrogen) atoms. The molecule has 2 aromatic carbocycles. The summed E-state index contributed by atoms with van der Waals surface area (Å²) in [4.78, 5) is 17.6. The molecule has 2 heterocycles. The number of halogens is 3. The highest BCUT2D eigenvalue weighted by atomic mass is 35.5. The summed E-state index contributed by atoms with van der Waals surface area (Å²) in [6, 6.07) is 14.7. The average Bonchev–Trinajstić information content (AvgIpc) is 3.35. The van der Waals surface area contributed by atoms with E-state index in [2.05, 4.69) is 10.3 Å². The van der Waals surface area contributed by atoms with Crippen LogP contribution >= 0.6 is 34.5 Å². The van der Waals surface area contributed by atoms with E-state index >= 15 is 0 Å². The fourth-order valence-electron chi connectivity index (χ4n) is 2.72. The number of amides is 1. The molecular formula is C21H13Cl2FN2O2S. The van der Waals surface area contributed by atoms with Crippen molar-refractivity contribution in [3.05, 3.63) is 92.9 Å². The minimum Gasteiger partial charge on any atom is -0.451 e. The number of benzene rings is 2. The van der Waals surface area contributed by atoms with Gasteiger partial charge in [0, 0.05) is 17.5 Å². The Kier molecular flexibility index (Phi) is 5.67. The van der Waals surface area contributed by atoms with Crippen molar-refractivity contribution in [3.63, 3.8) is 0 Å². The Morgan fingerprint density at radius 2 is 1.93 bits per heavy atom. The number of rotatable bonds is 5. The molecule has 0 fully saturated rings. The largest absolute Gasteiger partial charge is 0.451 e. The van der Waals surface area contributed by atoms with Crippen molar-refractivity contribution < 1.29 is 13.6 Å². The fraction of sp³-hybridized carbons (Fsp3) is 0.0476. The summed E-state index contributed by atoms with van der Waals surface area (Å²) in [6.07, 6.45) is 2.30. The maximum absolute atomic E-state index is 13.9. The Balaban J connectivity index is 1.44. The van der Waals surface area contributed by atoms with E-state index in [1.165, 1.54) is 23.5 Å². The van der Waals surface area contributed by atoms with Gasteiger partial charge in [-0.3, -0.25) is 10.1 Å². The van der Waals surface area contributed by atoms with Crippen LogP contribution in [0.2, 0.25) is 10.0 Å². The Labute approximate surface area is 179 Å². The number of thiazole rings is 1. The topological polar surface area (TPSA) is 55.1 Å². The van der Waals surface area contributed by atoms with Gasteiger partial charge in [-0.2, -0.15) is 0 Å². The zero-order valence-corrected chi connectivity index (χ0v) is 17.1. The summed E-state index contributed by atoms with van der Waals surface area (Å²) in [6.45, 7) is 0. The lowest BCUT2D eigenvalue weighted by atomic mass is 10.1. The van der Waals surface area contributed by atoms with Gasteiger partial charge in [0.25, 0.3) is 5.91 Å². The Hall–Kier alpha value is -2.67. The SMILES string of the molecule is O=C(Nc1ncc(Cc2ccc(Cl)c(Cl)c2)s1)c1ccc(-c2ccccc2F)o1. The van der Waals surface area contributed by atoms with Gasteiger partial charge in [0.15, 0.2) is 10.9 Å². The predicted octanol–water partition coefficient (Wildman–Crippen LogP) is 6.69. The van der Waals surface area contributed by atoms with E-state index in [-0.39, 0.29) is 11.5 Å². The monoisotopic (exact) mass is 446 g/mol. The molecule has 0 bridgehead atoms. The van der Waals surface area contributed by atoms with Crippen LogP contribution in [0.15, 0.2) is 65.2 Å². The van der Waals surface area contributed by atoms with Crippen molar-refractivity contribution in [1.82, 2.24) is 4.98 Å². The van der Waals surface area contributed by atoms with E-state index in [1.807, 2.05) is 6.07 Å².